The van der Waals surface area contributed by atoms with E-state index in [1.807, 2.05) is 23.5 Å². The second-order valence-electron chi connectivity index (χ2n) is 6.82. The van der Waals surface area contributed by atoms with Crippen LogP contribution >= 0.6 is 11.3 Å². The number of hydrogen-bond acceptors (Lipinski definition) is 4. The van der Waals surface area contributed by atoms with Crippen LogP contribution in [-0.4, -0.2) is 17.5 Å². The lowest BCUT2D eigenvalue weighted by Gasteiger charge is -2.19. The Morgan fingerprint density at radius 2 is 1.92 bits per heavy atom. The van der Waals surface area contributed by atoms with Crippen LogP contribution in [0.4, 0.5) is 5.69 Å². The molecule has 1 aromatic carbocycles. The van der Waals surface area contributed by atoms with Gasteiger partial charge in [-0.1, -0.05) is 38.5 Å². The van der Waals surface area contributed by atoms with Gasteiger partial charge in [-0.15, -0.1) is 11.3 Å². The van der Waals surface area contributed by atoms with Gasteiger partial charge >= 0.3 is 0 Å². The van der Waals surface area contributed by atoms with Gasteiger partial charge in [0.1, 0.15) is 0 Å². The summed E-state index contributed by atoms with van der Waals surface area (Å²) in [6.45, 7) is 5.46. The Kier molecular flexibility index (Phi) is 8.78. The maximum Gasteiger partial charge on any atom is 0.269 e. The largest absolute Gasteiger partial charge is 0.314 e. The van der Waals surface area contributed by atoms with Gasteiger partial charge in [0.2, 0.25) is 0 Å². The predicted octanol–water partition coefficient (Wildman–Crippen LogP) is 5.93. The lowest BCUT2D eigenvalue weighted by Crippen LogP contribution is -2.31. The lowest BCUT2D eigenvalue weighted by atomic mass is 9.91. The molecule has 0 spiro atoms. The van der Waals surface area contributed by atoms with E-state index in [9.17, 15) is 10.1 Å². The van der Waals surface area contributed by atoms with Crippen molar-refractivity contribution in [2.45, 2.75) is 64.3 Å². The van der Waals surface area contributed by atoms with Crippen LogP contribution in [0.3, 0.4) is 0 Å². The van der Waals surface area contributed by atoms with E-state index in [2.05, 4.69) is 36.7 Å². The number of nitrogens with zero attached hydrogens (tertiary/aromatic N) is 1. The molecule has 0 bridgehead atoms. The van der Waals surface area contributed by atoms with E-state index in [1.54, 1.807) is 12.1 Å². The molecule has 1 heterocycles. The third-order valence-corrected chi connectivity index (χ3v) is 5.79. The molecule has 0 radical (unpaired) electrons. The van der Waals surface area contributed by atoms with Crippen molar-refractivity contribution >= 4 is 17.0 Å². The van der Waals surface area contributed by atoms with E-state index in [1.165, 1.54) is 23.3 Å². The number of hydrogen-bond donors (Lipinski definition) is 1. The fourth-order valence-corrected chi connectivity index (χ4v) is 4.21. The standard InChI is InChI=1S/C21H30N2O2S/c1-3-7-19(16-21-9-6-15-26-21)22-14-5-8-17(4-2)18-10-12-20(13-11-18)23(24)25/h6,9-13,15,17,19,22H,3-5,7-8,14,16H2,1-2H3. The molecule has 2 unspecified atom stereocenters. The third-order valence-electron chi connectivity index (χ3n) is 4.90. The molecule has 2 atom stereocenters. The molecule has 1 aromatic heterocycles. The zero-order valence-corrected chi connectivity index (χ0v) is 16.6. The van der Waals surface area contributed by atoms with Crippen LogP contribution < -0.4 is 5.32 Å². The normalized spacial score (nSPS) is 13.5. The second kappa shape index (κ2) is 11.1. The van der Waals surface area contributed by atoms with Gasteiger partial charge in [0, 0.05) is 23.1 Å². The second-order valence-corrected chi connectivity index (χ2v) is 7.85. The molecule has 0 saturated carbocycles. The topological polar surface area (TPSA) is 55.2 Å². The highest BCUT2D eigenvalue weighted by molar-refractivity contribution is 7.09. The van der Waals surface area contributed by atoms with Crippen molar-refractivity contribution in [3.8, 4) is 0 Å². The summed E-state index contributed by atoms with van der Waals surface area (Å²) < 4.78 is 0. The van der Waals surface area contributed by atoms with Crippen LogP contribution in [0.25, 0.3) is 0 Å². The maximum absolute atomic E-state index is 10.8. The summed E-state index contributed by atoms with van der Waals surface area (Å²) in [7, 11) is 0. The Hall–Kier alpha value is -1.72. The summed E-state index contributed by atoms with van der Waals surface area (Å²) in [5, 5.41) is 16.7. The fraction of sp³-hybridized carbons (Fsp3) is 0.524. The maximum atomic E-state index is 10.8. The Balaban J connectivity index is 1.79. The number of rotatable bonds is 12. The fourth-order valence-electron chi connectivity index (χ4n) is 3.43. The summed E-state index contributed by atoms with van der Waals surface area (Å²) >= 11 is 1.84. The van der Waals surface area contributed by atoms with Crippen molar-refractivity contribution < 1.29 is 4.92 Å². The van der Waals surface area contributed by atoms with Crippen molar-refractivity contribution in [1.82, 2.24) is 5.32 Å². The smallest absolute Gasteiger partial charge is 0.269 e. The first-order valence-corrected chi connectivity index (χ1v) is 10.5. The summed E-state index contributed by atoms with van der Waals surface area (Å²) in [6, 6.07) is 12.0. The Morgan fingerprint density at radius 3 is 2.50 bits per heavy atom. The Bertz CT molecular complexity index is 641. The number of benzene rings is 1. The molecule has 0 fully saturated rings. The molecule has 0 aliphatic carbocycles. The van der Waals surface area contributed by atoms with Crippen molar-refractivity contribution in [3.05, 3.63) is 62.3 Å². The van der Waals surface area contributed by atoms with Crippen molar-refractivity contribution in [1.29, 1.82) is 0 Å². The van der Waals surface area contributed by atoms with Gasteiger partial charge < -0.3 is 5.32 Å². The minimum Gasteiger partial charge on any atom is -0.314 e. The summed E-state index contributed by atoms with van der Waals surface area (Å²) in [5.74, 6) is 0.472. The molecule has 0 saturated heterocycles. The highest BCUT2D eigenvalue weighted by Crippen LogP contribution is 2.26. The monoisotopic (exact) mass is 374 g/mol. The minimum absolute atomic E-state index is 0.168. The zero-order chi connectivity index (χ0) is 18.8. The van der Waals surface area contributed by atoms with Crippen molar-refractivity contribution in [3.63, 3.8) is 0 Å². The first kappa shape index (κ1) is 20.6. The quantitative estimate of drug-likeness (QED) is 0.284. The number of non-ortho nitro benzene ring substituents is 1. The molecular formula is C21H30N2O2S. The van der Waals surface area contributed by atoms with Gasteiger partial charge in [0.15, 0.2) is 0 Å². The Morgan fingerprint density at radius 1 is 1.15 bits per heavy atom. The molecule has 2 aromatic rings. The molecule has 0 amide bonds. The molecule has 142 valence electrons. The number of thiophene rings is 1. The zero-order valence-electron chi connectivity index (χ0n) is 15.8. The molecule has 26 heavy (non-hydrogen) atoms. The molecule has 4 nitrogen and oxygen atoms in total. The highest BCUT2D eigenvalue weighted by Gasteiger charge is 2.13. The van der Waals surface area contributed by atoms with Crippen LogP contribution in [0.1, 0.15) is 62.3 Å². The van der Waals surface area contributed by atoms with E-state index in [0.29, 0.717) is 12.0 Å². The van der Waals surface area contributed by atoms with E-state index >= 15 is 0 Å². The highest BCUT2D eigenvalue weighted by atomic mass is 32.1. The Labute approximate surface area is 160 Å². The average molecular weight is 375 g/mol. The van der Waals surface area contributed by atoms with Gasteiger partial charge in [0.25, 0.3) is 5.69 Å². The van der Waals surface area contributed by atoms with E-state index < -0.39 is 0 Å². The third kappa shape index (κ3) is 6.54. The van der Waals surface area contributed by atoms with Gasteiger partial charge in [-0.2, -0.15) is 0 Å². The first-order valence-electron chi connectivity index (χ1n) is 9.64. The molecule has 1 N–H and O–H groups in total. The predicted molar refractivity (Wildman–Crippen MR) is 110 cm³/mol. The van der Waals surface area contributed by atoms with Crippen LogP contribution in [0.2, 0.25) is 0 Å². The van der Waals surface area contributed by atoms with Gasteiger partial charge in [-0.05, 0) is 61.6 Å². The first-order chi connectivity index (χ1) is 12.6. The molecule has 0 aliphatic rings. The SMILES string of the molecule is CCCC(Cc1cccs1)NCCCC(CC)c1ccc([N+](=O)[O-])cc1. The van der Waals surface area contributed by atoms with Gasteiger partial charge in [-0.25, -0.2) is 0 Å². The van der Waals surface area contributed by atoms with Crippen LogP contribution in [0, 0.1) is 10.1 Å². The van der Waals surface area contributed by atoms with Gasteiger partial charge in [0.05, 0.1) is 4.92 Å². The number of nitro groups is 1. The summed E-state index contributed by atoms with van der Waals surface area (Å²) in [5.41, 5.74) is 1.38. The molecule has 0 aliphatic heterocycles. The number of nitro benzene ring substituents is 1. The van der Waals surface area contributed by atoms with E-state index in [4.69, 9.17) is 0 Å². The summed E-state index contributed by atoms with van der Waals surface area (Å²) in [4.78, 5) is 11.9. The molecular weight excluding hydrogens is 344 g/mol. The molecule has 2 rings (SSSR count). The van der Waals surface area contributed by atoms with Crippen LogP contribution in [-0.2, 0) is 6.42 Å². The van der Waals surface area contributed by atoms with Crippen LogP contribution in [0.15, 0.2) is 41.8 Å². The van der Waals surface area contributed by atoms with E-state index in [-0.39, 0.29) is 10.6 Å². The lowest BCUT2D eigenvalue weighted by molar-refractivity contribution is -0.384. The van der Waals surface area contributed by atoms with Crippen molar-refractivity contribution in [2.75, 3.05) is 6.54 Å². The average Bonchev–Trinajstić information content (AvgIpc) is 3.15. The minimum atomic E-state index is -0.337. The number of nitrogens with one attached hydrogen (secondary N) is 1. The van der Waals surface area contributed by atoms with E-state index in [0.717, 1.165) is 32.2 Å². The van der Waals surface area contributed by atoms with Gasteiger partial charge in [-0.3, -0.25) is 10.1 Å². The van der Waals surface area contributed by atoms with Crippen LogP contribution in [0.5, 0.6) is 0 Å². The summed E-state index contributed by atoms with van der Waals surface area (Å²) in [6.07, 6.45) is 6.82. The van der Waals surface area contributed by atoms with Crippen molar-refractivity contribution in [2.24, 2.45) is 0 Å². The molecule has 5 heteroatoms.